The molecule has 0 unspecified atom stereocenters. The third kappa shape index (κ3) is 1.88. The smallest absolute Gasteiger partial charge is 0.140 e. The third-order valence-corrected chi connectivity index (χ3v) is 2.44. The molecule has 0 N–H and O–H groups in total. The summed E-state index contributed by atoms with van der Waals surface area (Å²) in [5.74, 6) is 0.943. The molecule has 1 aromatic heterocycles. The molecule has 0 aliphatic heterocycles. The molecule has 1 saturated carbocycles. The van der Waals surface area contributed by atoms with Gasteiger partial charge in [0.1, 0.15) is 9.45 Å². The molecule has 0 radical (unpaired) electrons. The summed E-state index contributed by atoms with van der Waals surface area (Å²) in [4.78, 5) is 4.18. The van der Waals surface area contributed by atoms with E-state index >= 15 is 0 Å². The van der Waals surface area contributed by atoms with Crippen molar-refractivity contribution in [3.05, 3.63) is 21.5 Å². The highest BCUT2D eigenvalue weighted by Gasteiger charge is 2.24. The van der Waals surface area contributed by atoms with E-state index in [1.807, 2.05) is 12.3 Å². The average molecular weight is 275 g/mol. The predicted molar refractivity (Wildman–Crippen MR) is 55.3 cm³/mol. The fourth-order valence-electron chi connectivity index (χ4n) is 0.998. The van der Waals surface area contributed by atoms with Gasteiger partial charge in [-0.05, 0) is 54.0 Å². The second-order valence-electron chi connectivity index (χ2n) is 3.09. The van der Waals surface area contributed by atoms with Crippen LogP contribution in [0.1, 0.15) is 18.4 Å². The van der Waals surface area contributed by atoms with Crippen LogP contribution in [0.4, 0.5) is 0 Å². The highest BCUT2D eigenvalue weighted by atomic mass is 127. The number of aromatic nitrogens is 1. The lowest BCUT2D eigenvalue weighted by molar-refractivity contribution is 0.299. The largest absolute Gasteiger partial charge is 0.489 e. The van der Waals surface area contributed by atoms with Crippen molar-refractivity contribution in [2.75, 3.05) is 0 Å². The fraction of sp³-hybridized carbons (Fsp3) is 0.444. The van der Waals surface area contributed by atoms with E-state index in [1.165, 1.54) is 18.4 Å². The molecule has 1 aromatic rings. The molecule has 0 saturated heterocycles. The maximum atomic E-state index is 5.65. The van der Waals surface area contributed by atoms with Crippen LogP contribution in [0.3, 0.4) is 0 Å². The van der Waals surface area contributed by atoms with Crippen LogP contribution in [0.15, 0.2) is 12.3 Å². The molecule has 3 heteroatoms. The Kier molecular flexibility index (Phi) is 2.21. The van der Waals surface area contributed by atoms with Gasteiger partial charge in [-0.3, -0.25) is 0 Å². The molecule has 0 spiro atoms. The van der Waals surface area contributed by atoms with Crippen molar-refractivity contribution in [1.29, 1.82) is 0 Å². The maximum absolute atomic E-state index is 5.65. The standard InChI is InChI=1S/C9H10INO/c1-6-4-9(10)11-5-8(6)12-7-2-3-7/h4-5,7H,2-3H2,1H3. The molecule has 0 aromatic carbocycles. The number of pyridine rings is 1. The number of hydrogen-bond donors (Lipinski definition) is 0. The van der Waals surface area contributed by atoms with E-state index in [1.54, 1.807) is 0 Å². The third-order valence-electron chi connectivity index (χ3n) is 1.85. The van der Waals surface area contributed by atoms with Crippen molar-refractivity contribution in [3.63, 3.8) is 0 Å². The first-order valence-corrected chi connectivity index (χ1v) is 5.12. The van der Waals surface area contributed by atoms with Crippen molar-refractivity contribution in [3.8, 4) is 5.75 Å². The van der Waals surface area contributed by atoms with Crippen LogP contribution < -0.4 is 4.74 Å². The van der Waals surface area contributed by atoms with Gasteiger partial charge in [-0.1, -0.05) is 0 Å². The monoisotopic (exact) mass is 275 g/mol. The number of aryl methyl sites for hydroxylation is 1. The van der Waals surface area contributed by atoms with Crippen molar-refractivity contribution in [2.45, 2.75) is 25.9 Å². The quantitative estimate of drug-likeness (QED) is 0.611. The van der Waals surface area contributed by atoms with E-state index in [4.69, 9.17) is 4.74 Å². The summed E-state index contributed by atoms with van der Waals surface area (Å²) in [5, 5.41) is 0. The van der Waals surface area contributed by atoms with Gasteiger partial charge in [0.25, 0.3) is 0 Å². The van der Waals surface area contributed by atoms with Crippen molar-refractivity contribution in [2.24, 2.45) is 0 Å². The van der Waals surface area contributed by atoms with Gasteiger partial charge in [0, 0.05) is 0 Å². The lowest BCUT2D eigenvalue weighted by atomic mass is 10.3. The molecular weight excluding hydrogens is 265 g/mol. The minimum Gasteiger partial charge on any atom is -0.489 e. The zero-order chi connectivity index (χ0) is 8.55. The van der Waals surface area contributed by atoms with Gasteiger partial charge in [-0.25, -0.2) is 4.98 Å². The van der Waals surface area contributed by atoms with E-state index in [2.05, 4.69) is 34.5 Å². The number of halogens is 1. The Bertz CT molecular complexity index is 297. The van der Waals surface area contributed by atoms with Crippen LogP contribution in [0, 0.1) is 10.6 Å². The molecular formula is C9H10INO. The Morgan fingerprint density at radius 1 is 1.58 bits per heavy atom. The average Bonchev–Trinajstić information content (AvgIpc) is 2.79. The molecule has 64 valence electrons. The zero-order valence-corrected chi connectivity index (χ0v) is 9.04. The number of rotatable bonds is 2. The van der Waals surface area contributed by atoms with Gasteiger partial charge in [-0.2, -0.15) is 0 Å². The van der Waals surface area contributed by atoms with E-state index in [0.717, 1.165) is 9.45 Å². The topological polar surface area (TPSA) is 22.1 Å². The molecule has 2 rings (SSSR count). The van der Waals surface area contributed by atoms with Gasteiger partial charge in [0.2, 0.25) is 0 Å². The summed E-state index contributed by atoms with van der Waals surface area (Å²) in [6.07, 6.45) is 4.68. The Labute approximate surface area is 85.5 Å². The van der Waals surface area contributed by atoms with E-state index < -0.39 is 0 Å². The molecule has 1 aliphatic carbocycles. The predicted octanol–water partition coefficient (Wildman–Crippen LogP) is 2.54. The summed E-state index contributed by atoms with van der Waals surface area (Å²) >= 11 is 2.20. The van der Waals surface area contributed by atoms with Gasteiger partial charge in [0.15, 0.2) is 0 Å². The Hall–Kier alpha value is -0.320. The first-order valence-electron chi connectivity index (χ1n) is 4.04. The summed E-state index contributed by atoms with van der Waals surface area (Å²) in [7, 11) is 0. The molecule has 0 atom stereocenters. The van der Waals surface area contributed by atoms with Crippen LogP contribution in [-0.4, -0.2) is 11.1 Å². The Morgan fingerprint density at radius 2 is 2.33 bits per heavy atom. The summed E-state index contributed by atoms with van der Waals surface area (Å²) < 4.78 is 6.67. The summed E-state index contributed by atoms with van der Waals surface area (Å²) in [6, 6.07) is 2.04. The van der Waals surface area contributed by atoms with Crippen LogP contribution in [0.25, 0.3) is 0 Å². The second-order valence-corrected chi connectivity index (χ2v) is 4.19. The highest BCUT2D eigenvalue weighted by molar-refractivity contribution is 14.1. The van der Waals surface area contributed by atoms with Crippen molar-refractivity contribution >= 4 is 22.6 Å². The SMILES string of the molecule is Cc1cc(I)ncc1OC1CC1. The van der Waals surface area contributed by atoms with Crippen LogP contribution in [0.2, 0.25) is 0 Å². The second kappa shape index (κ2) is 3.20. The van der Waals surface area contributed by atoms with Gasteiger partial charge in [0.05, 0.1) is 12.3 Å². The minimum absolute atomic E-state index is 0.463. The molecule has 0 bridgehead atoms. The lowest BCUT2D eigenvalue weighted by Crippen LogP contribution is -1.98. The lowest BCUT2D eigenvalue weighted by Gasteiger charge is -2.06. The maximum Gasteiger partial charge on any atom is 0.140 e. The minimum atomic E-state index is 0.463. The highest BCUT2D eigenvalue weighted by Crippen LogP contribution is 2.28. The fourth-order valence-corrected chi connectivity index (χ4v) is 1.60. The van der Waals surface area contributed by atoms with Crippen LogP contribution in [0.5, 0.6) is 5.75 Å². The zero-order valence-electron chi connectivity index (χ0n) is 6.88. The number of ether oxygens (including phenoxy) is 1. The van der Waals surface area contributed by atoms with Crippen molar-refractivity contribution < 1.29 is 4.74 Å². The van der Waals surface area contributed by atoms with Crippen molar-refractivity contribution in [1.82, 2.24) is 4.98 Å². The Balaban J connectivity index is 2.18. The first-order chi connectivity index (χ1) is 5.75. The number of nitrogens with zero attached hydrogens (tertiary/aromatic N) is 1. The molecule has 1 aliphatic rings. The van der Waals surface area contributed by atoms with Crippen LogP contribution in [-0.2, 0) is 0 Å². The molecule has 0 amide bonds. The number of hydrogen-bond acceptors (Lipinski definition) is 2. The van der Waals surface area contributed by atoms with Gasteiger partial charge >= 0.3 is 0 Å². The Morgan fingerprint density at radius 3 is 2.92 bits per heavy atom. The molecule has 2 nitrogen and oxygen atoms in total. The van der Waals surface area contributed by atoms with E-state index in [9.17, 15) is 0 Å². The van der Waals surface area contributed by atoms with Gasteiger partial charge in [-0.15, -0.1) is 0 Å². The van der Waals surface area contributed by atoms with Gasteiger partial charge < -0.3 is 4.74 Å². The normalized spacial score (nSPS) is 16.2. The first kappa shape index (κ1) is 8.29. The van der Waals surface area contributed by atoms with Crippen LogP contribution >= 0.6 is 22.6 Å². The van der Waals surface area contributed by atoms with E-state index in [-0.39, 0.29) is 0 Å². The summed E-state index contributed by atoms with van der Waals surface area (Å²) in [6.45, 7) is 2.06. The summed E-state index contributed by atoms with van der Waals surface area (Å²) in [5.41, 5.74) is 1.18. The van der Waals surface area contributed by atoms with E-state index in [0.29, 0.717) is 6.10 Å². The molecule has 1 fully saturated rings. The molecule has 1 heterocycles. The molecule has 12 heavy (non-hydrogen) atoms.